The molecule has 0 aliphatic rings. The van der Waals surface area contributed by atoms with Gasteiger partial charge in [-0.2, -0.15) is 0 Å². The highest BCUT2D eigenvalue weighted by atomic mass is 31.1. The normalized spacial score (nSPS) is 14.3. The quantitative estimate of drug-likeness (QED) is 0.474. The summed E-state index contributed by atoms with van der Waals surface area (Å²) in [6, 6.07) is 0. The standard InChI is InChI=1S/C8H20NO4P/c1-3-12-8(13-4-2,14(10)11)6-5-7-9/h14H,3-7,9H2,1-2H3,(H,10,11). The molecule has 0 aromatic carbocycles. The summed E-state index contributed by atoms with van der Waals surface area (Å²) in [6.07, 6.45) is 0.969. The maximum atomic E-state index is 11.2. The van der Waals surface area contributed by atoms with Crippen LogP contribution in [0.25, 0.3) is 0 Å². The fraction of sp³-hybridized carbons (Fsp3) is 1.00. The van der Waals surface area contributed by atoms with E-state index in [-0.39, 0.29) is 0 Å². The van der Waals surface area contributed by atoms with Crippen LogP contribution in [0.1, 0.15) is 26.7 Å². The van der Waals surface area contributed by atoms with Crippen molar-refractivity contribution in [1.29, 1.82) is 0 Å². The lowest BCUT2D eigenvalue weighted by atomic mass is 10.3. The molecule has 0 fully saturated rings. The lowest BCUT2D eigenvalue weighted by Crippen LogP contribution is -2.33. The second-order valence-corrected chi connectivity index (χ2v) is 4.19. The summed E-state index contributed by atoms with van der Waals surface area (Å²) in [6.45, 7) is 4.68. The first-order valence-electron chi connectivity index (χ1n) is 4.84. The first kappa shape index (κ1) is 14.1. The Hall–Kier alpha value is 0.0700. The molecule has 0 rings (SSSR count). The smallest absolute Gasteiger partial charge is 0.246 e. The Morgan fingerprint density at radius 3 is 2.14 bits per heavy atom. The molecule has 0 radical (unpaired) electrons. The monoisotopic (exact) mass is 225 g/mol. The molecule has 0 saturated carbocycles. The van der Waals surface area contributed by atoms with Gasteiger partial charge >= 0.3 is 0 Å². The summed E-state index contributed by atoms with van der Waals surface area (Å²) in [5.41, 5.74) is 4.02. The van der Waals surface area contributed by atoms with Crippen LogP contribution in [0, 0.1) is 0 Å². The molecule has 0 aromatic heterocycles. The van der Waals surface area contributed by atoms with Crippen molar-refractivity contribution < 1.29 is 18.9 Å². The topological polar surface area (TPSA) is 81.8 Å². The van der Waals surface area contributed by atoms with Gasteiger partial charge in [0.15, 0.2) is 0 Å². The Bertz CT molecular complexity index is 171. The Kier molecular flexibility index (Phi) is 7.41. The predicted molar refractivity (Wildman–Crippen MR) is 55.5 cm³/mol. The first-order chi connectivity index (χ1) is 6.63. The van der Waals surface area contributed by atoms with Crippen LogP contribution in [-0.4, -0.2) is 30.2 Å². The van der Waals surface area contributed by atoms with Crippen LogP contribution in [-0.2, 0) is 14.0 Å². The van der Waals surface area contributed by atoms with E-state index >= 15 is 0 Å². The van der Waals surface area contributed by atoms with Crippen LogP contribution in [0.2, 0.25) is 0 Å². The van der Waals surface area contributed by atoms with E-state index in [9.17, 15) is 9.46 Å². The average Bonchev–Trinajstić information content (AvgIpc) is 2.14. The van der Waals surface area contributed by atoms with Crippen LogP contribution in [0.3, 0.4) is 0 Å². The minimum atomic E-state index is -2.88. The van der Waals surface area contributed by atoms with E-state index in [4.69, 9.17) is 15.2 Å². The van der Waals surface area contributed by atoms with Crippen LogP contribution >= 0.6 is 8.03 Å². The van der Waals surface area contributed by atoms with Gasteiger partial charge in [-0.15, -0.1) is 0 Å². The van der Waals surface area contributed by atoms with Gasteiger partial charge in [0, 0.05) is 19.6 Å². The number of nitrogens with two attached hydrogens (primary N) is 1. The van der Waals surface area contributed by atoms with Gasteiger partial charge in [0.1, 0.15) is 0 Å². The molecule has 0 aliphatic carbocycles. The summed E-state index contributed by atoms with van der Waals surface area (Å²) in [5.74, 6) is 0. The largest absolute Gasteiger partial charge is 0.343 e. The molecule has 0 aromatic rings. The van der Waals surface area contributed by atoms with E-state index in [1.54, 1.807) is 13.8 Å². The van der Waals surface area contributed by atoms with Crippen LogP contribution in [0.15, 0.2) is 0 Å². The lowest BCUT2D eigenvalue weighted by Gasteiger charge is -2.30. The molecule has 5 nitrogen and oxygen atoms in total. The molecular weight excluding hydrogens is 205 g/mol. The molecule has 6 heteroatoms. The zero-order valence-corrected chi connectivity index (χ0v) is 9.78. The predicted octanol–water partition coefficient (Wildman–Crippen LogP) is 0.919. The van der Waals surface area contributed by atoms with Gasteiger partial charge in [-0.1, -0.05) is 0 Å². The summed E-state index contributed by atoms with van der Waals surface area (Å²) in [7, 11) is -2.88. The van der Waals surface area contributed by atoms with Crippen LogP contribution in [0.4, 0.5) is 0 Å². The van der Waals surface area contributed by atoms with Crippen LogP contribution in [0.5, 0.6) is 0 Å². The van der Waals surface area contributed by atoms with E-state index < -0.39 is 13.6 Å². The zero-order chi connectivity index (χ0) is 11.0. The van der Waals surface area contributed by atoms with Crippen molar-refractivity contribution in [1.82, 2.24) is 0 Å². The maximum Gasteiger partial charge on any atom is 0.246 e. The Morgan fingerprint density at radius 2 is 1.86 bits per heavy atom. The SMILES string of the molecule is CCOC(CCCN)(OCC)[PH](=O)O. The second kappa shape index (κ2) is 7.37. The highest BCUT2D eigenvalue weighted by Crippen LogP contribution is 2.41. The molecule has 0 heterocycles. The van der Waals surface area contributed by atoms with E-state index in [2.05, 4.69) is 0 Å². The number of ether oxygens (including phenoxy) is 2. The maximum absolute atomic E-state index is 11.2. The average molecular weight is 225 g/mol. The summed E-state index contributed by atoms with van der Waals surface area (Å²) < 4.78 is 21.7. The van der Waals surface area contributed by atoms with E-state index in [1.807, 2.05) is 0 Å². The Morgan fingerprint density at radius 1 is 1.36 bits per heavy atom. The number of hydrogen-bond donors (Lipinski definition) is 2. The van der Waals surface area contributed by atoms with Gasteiger partial charge in [-0.05, 0) is 26.8 Å². The van der Waals surface area contributed by atoms with Gasteiger partial charge in [-0.3, -0.25) is 4.57 Å². The van der Waals surface area contributed by atoms with Gasteiger partial charge in [-0.25, -0.2) is 0 Å². The molecule has 0 amide bonds. The molecule has 0 aliphatic heterocycles. The van der Waals surface area contributed by atoms with Gasteiger partial charge in [0.25, 0.3) is 0 Å². The zero-order valence-electron chi connectivity index (χ0n) is 8.78. The number of hydrogen-bond acceptors (Lipinski definition) is 4. The molecule has 0 spiro atoms. The van der Waals surface area contributed by atoms with Gasteiger partial charge in [0.2, 0.25) is 13.6 Å². The van der Waals surface area contributed by atoms with E-state index in [0.29, 0.717) is 32.6 Å². The van der Waals surface area contributed by atoms with E-state index in [1.165, 1.54) is 0 Å². The molecule has 86 valence electrons. The molecule has 3 N–H and O–H groups in total. The van der Waals surface area contributed by atoms with Crippen molar-refractivity contribution in [2.75, 3.05) is 19.8 Å². The molecular formula is C8H20NO4P. The Balaban J connectivity index is 4.46. The second-order valence-electron chi connectivity index (χ2n) is 2.82. The van der Waals surface area contributed by atoms with Crippen molar-refractivity contribution in [2.24, 2.45) is 5.73 Å². The minimum absolute atomic E-state index is 0.349. The summed E-state index contributed by atoms with van der Waals surface area (Å²) in [4.78, 5) is 9.21. The lowest BCUT2D eigenvalue weighted by molar-refractivity contribution is -0.179. The fourth-order valence-electron chi connectivity index (χ4n) is 1.22. The van der Waals surface area contributed by atoms with Crippen molar-refractivity contribution in [3.05, 3.63) is 0 Å². The third-order valence-electron chi connectivity index (χ3n) is 1.79. The molecule has 0 saturated heterocycles. The first-order valence-corrected chi connectivity index (χ1v) is 6.19. The van der Waals surface area contributed by atoms with E-state index in [0.717, 1.165) is 0 Å². The van der Waals surface area contributed by atoms with Crippen molar-refractivity contribution >= 4 is 8.03 Å². The minimum Gasteiger partial charge on any atom is -0.343 e. The number of rotatable bonds is 8. The summed E-state index contributed by atoms with van der Waals surface area (Å²) in [5, 5.41) is 0. The highest BCUT2D eigenvalue weighted by molar-refractivity contribution is 7.39. The molecule has 1 atom stereocenters. The molecule has 14 heavy (non-hydrogen) atoms. The van der Waals surface area contributed by atoms with Crippen molar-refractivity contribution in [3.8, 4) is 0 Å². The van der Waals surface area contributed by atoms with Crippen molar-refractivity contribution in [2.45, 2.75) is 32.2 Å². The molecule has 1 unspecified atom stereocenters. The van der Waals surface area contributed by atoms with Gasteiger partial charge in [0.05, 0.1) is 0 Å². The fourth-order valence-corrected chi connectivity index (χ4v) is 2.14. The highest BCUT2D eigenvalue weighted by Gasteiger charge is 2.36. The molecule has 0 bridgehead atoms. The van der Waals surface area contributed by atoms with Gasteiger partial charge < -0.3 is 20.1 Å². The Labute approximate surface area is 85.4 Å². The van der Waals surface area contributed by atoms with Crippen molar-refractivity contribution in [3.63, 3.8) is 0 Å². The van der Waals surface area contributed by atoms with Crippen LogP contribution < -0.4 is 5.73 Å². The summed E-state index contributed by atoms with van der Waals surface area (Å²) >= 11 is 0. The third kappa shape index (κ3) is 4.07. The third-order valence-corrected chi connectivity index (χ3v) is 2.98.